The molecular weight excluding hydrogens is 329 g/mol. The van der Waals surface area contributed by atoms with Gasteiger partial charge in [-0.15, -0.1) is 0 Å². The van der Waals surface area contributed by atoms with Crippen LogP contribution in [0.4, 0.5) is 4.39 Å². The van der Waals surface area contributed by atoms with Gasteiger partial charge in [0.15, 0.2) is 11.5 Å². The molecule has 0 unspecified atom stereocenters. The maximum absolute atomic E-state index is 12.9. The second-order valence-corrected chi connectivity index (χ2v) is 5.87. The van der Waals surface area contributed by atoms with Gasteiger partial charge in [-0.1, -0.05) is 23.9 Å². The van der Waals surface area contributed by atoms with Crippen molar-refractivity contribution in [1.29, 1.82) is 0 Å². The highest BCUT2D eigenvalue weighted by atomic mass is 32.2. The summed E-state index contributed by atoms with van der Waals surface area (Å²) in [5.74, 6) is 1.03. The number of ketones is 1. The van der Waals surface area contributed by atoms with Gasteiger partial charge in [0.1, 0.15) is 11.6 Å². The number of thioether (sulfide) groups is 1. The summed E-state index contributed by atoms with van der Waals surface area (Å²) in [7, 11) is 1.56. The van der Waals surface area contributed by atoms with Crippen molar-refractivity contribution >= 4 is 17.5 Å². The van der Waals surface area contributed by atoms with Gasteiger partial charge in [-0.05, 0) is 36.4 Å². The smallest absolute Gasteiger partial charge is 0.256 e. The molecule has 0 fully saturated rings. The van der Waals surface area contributed by atoms with E-state index in [1.165, 1.54) is 23.9 Å². The van der Waals surface area contributed by atoms with Crippen molar-refractivity contribution in [1.82, 2.24) is 4.98 Å². The van der Waals surface area contributed by atoms with Crippen LogP contribution in [0.15, 0.2) is 64.4 Å². The molecule has 4 nitrogen and oxygen atoms in total. The molecule has 0 aliphatic rings. The Bertz CT molecular complexity index is 845. The van der Waals surface area contributed by atoms with Crippen LogP contribution >= 0.6 is 11.8 Å². The second-order valence-electron chi connectivity index (χ2n) is 4.94. The third-order valence-electron chi connectivity index (χ3n) is 3.33. The highest BCUT2D eigenvalue weighted by Gasteiger charge is 2.12. The van der Waals surface area contributed by atoms with Gasteiger partial charge < -0.3 is 9.15 Å². The van der Waals surface area contributed by atoms with Crippen LogP contribution in [0.3, 0.4) is 0 Å². The predicted octanol–water partition coefficient (Wildman–Crippen LogP) is 4.46. The van der Waals surface area contributed by atoms with E-state index in [2.05, 4.69) is 4.98 Å². The first-order valence-electron chi connectivity index (χ1n) is 7.17. The van der Waals surface area contributed by atoms with E-state index in [4.69, 9.17) is 9.15 Å². The van der Waals surface area contributed by atoms with Crippen molar-refractivity contribution in [2.75, 3.05) is 12.9 Å². The zero-order valence-corrected chi connectivity index (χ0v) is 13.7. The molecule has 6 heteroatoms. The maximum Gasteiger partial charge on any atom is 0.256 e. The van der Waals surface area contributed by atoms with E-state index in [1.54, 1.807) is 49.7 Å². The van der Waals surface area contributed by atoms with Gasteiger partial charge in [0, 0.05) is 11.1 Å². The minimum Gasteiger partial charge on any atom is -0.497 e. The van der Waals surface area contributed by atoms with Gasteiger partial charge in [-0.3, -0.25) is 4.79 Å². The molecule has 0 atom stereocenters. The third kappa shape index (κ3) is 3.83. The Labute approximate surface area is 142 Å². The first-order chi connectivity index (χ1) is 11.7. The summed E-state index contributed by atoms with van der Waals surface area (Å²) < 4.78 is 23.6. The minimum absolute atomic E-state index is 0.0413. The lowest BCUT2D eigenvalue weighted by atomic mass is 10.1. The van der Waals surface area contributed by atoms with Crippen molar-refractivity contribution in [3.63, 3.8) is 0 Å². The van der Waals surface area contributed by atoms with Gasteiger partial charge in [0.2, 0.25) is 0 Å². The van der Waals surface area contributed by atoms with Crippen molar-refractivity contribution in [2.45, 2.75) is 5.22 Å². The molecule has 1 aromatic heterocycles. The standard InChI is InChI=1S/C18H14FNO3S/c1-22-15-4-2-3-13(9-15)16(21)11-24-18-20-10-17(23-18)12-5-7-14(19)8-6-12/h2-10H,11H2,1H3. The van der Waals surface area contributed by atoms with Crippen LogP contribution in [0.25, 0.3) is 11.3 Å². The number of rotatable bonds is 6. The molecule has 0 bridgehead atoms. The van der Waals surface area contributed by atoms with Crippen molar-refractivity contribution < 1.29 is 18.3 Å². The quantitative estimate of drug-likeness (QED) is 0.488. The molecule has 3 rings (SSSR count). The lowest BCUT2D eigenvalue weighted by Crippen LogP contribution is -2.02. The fourth-order valence-corrected chi connectivity index (χ4v) is 2.78. The van der Waals surface area contributed by atoms with E-state index >= 15 is 0 Å². The molecule has 0 aliphatic heterocycles. The number of nitrogens with zero attached hydrogens (tertiary/aromatic N) is 1. The summed E-state index contributed by atoms with van der Waals surface area (Å²) in [6.07, 6.45) is 1.56. The van der Waals surface area contributed by atoms with E-state index in [9.17, 15) is 9.18 Å². The number of carbonyl (C=O) groups excluding carboxylic acids is 1. The molecule has 1 heterocycles. The predicted molar refractivity (Wildman–Crippen MR) is 89.9 cm³/mol. The van der Waals surface area contributed by atoms with Crippen molar-refractivity contribution in [3.8, 4) is 17.1 Å². The zero-order chi connectivity index (χ0) is 16.9. The van der Waals surface area contributed by atoms with Crippen LogP contribution in [0.5, 0.6) is 5.75 Å². The number of aromatic nitrogens is 1. The molecule has 0 aliphatic carbocycles. The van der Waals surface area contributed by atoms with Gasteiger partial charge in [-0.2, -0.15) is 0 Å². The number of hydrogen-bond acceptors (Lipinski definition) is 5. The van der Waals surface area contributed by atoms with Crippen molar-refractivity contribution in [3.05, 3.63) is 66.1 Å². The summed E-state index contributed by atoms with van der Waals surface area (Å²) in [4.78, 5) is 16.4. The van der Waals surface area contributed by atoms with Gasteiger partial charge in [-0.25, -0.2) is 9.37 Å². The van der Waals surface area contributed by atoms with Gasteiger partial charge in [0.25, 0.3) is 5.22 Å². The fraction of sp³-hybridized carbons (Fsp3) is 0.111. The van der Waals surface area contributed by atoms with Crippen LogP contribution in [-0.2, 0) is 0 Å². The largest absolute Gasteiger partial charge is 0.497 e. The van der Waals surface area contributed by atoms with E-state index in [0.717, 1.165) is 5.56 Å². The zero-order valence-electron chi connectivity index (χ0n) is 12.9. The summed E-state index contributed by atoms with van der Waals surface area (Å²) in [6.45, 7) is 0. The highest BCUT2D eigenvalue weighted by Crippen LogP contribution is 2.26. The third-order valence-corrected chi connectivity index (χ3v) is 4.17. The molecule has 0 amide bonds. The lowest BCUT2D eigenvalue weighted by Gasteiger charge is -2.02. The Balaban J connectivity index is 1.64. The topological polar surface area (TPSA) is 52.3 Å². The van der Waals surface area contributed by atoms with Crippen LogP contribution in [-0.4, -0.2) is 23.6 Å². The maximum atomic E-state index is 12.9. The highest BCUT2D eigenvalue weighted by molar-refractivity contribution is 7.99. The molecule has 3 aromatic rings. The minimum atomic E-state index is -0.309. The molecule has 24 heavy (non-hydrogen) atoms. The molecule has 122 valence electrons. The summed E-state index contributed by atoms with van der Waals surface area (Å²) >= 11 is 1.21. The number of halogens is 1. The normalized spacial score (nSPS) is 10.6. The van der Waals surface area contributed by atoms with Crippen LogP contribution in [0.2, 0.25) is 0 Å². The van der Waals surface area contributed by atoms with E-state index < -0.39 is 0 Å². The summed E-state index contributed by atoms with van der Waals surface area (Å²) in [6, 6.07) is 12.9. The van der Waals surface area contributed by atoms with Gasteiger partial charge >= 0.3 is 0 Å². The molecule has 2 aromatic carbocycles. The number of Topliss-reactive ketones (excluding diaryl/α,β-unsaturated/α-hetero) is 1. The van der Waals surface area contributed by atoms with E-state index in [0.29, 0.717) is 22.3 Å². The van der Waals surface area contributed by atoms with Crippen molar-refractivity contribution in [2.24, 2.45) is 0 Å². The van der Waals surface area contributed by atoms with Gasteiger partial charge in [0.05, 0.1) is 19.1 Å². The van der Waals surface area contributed by atoms with Crippen LogP contribution < -0.4 is 4.74 Å². The molecule has 0 spiro atoms. The number of oxazole rings is 1. The monoisotopic (exact) mass is 343 g/mol. The van der Waals surface area contributed by atoms with E-state index in [1.807, 2.05) is 0 Å². The molecule has 0 saturated carbocycles. The number of methoxy groups -OCH3 is 1. The van der Waals surface area contributed by atoms with Crippen LogP contribution in [0.1, 0.15) is 10.4 Å². The average Bonchev–Trinajstić information content (AvgIpc) is 3.09. The fourth-order valence-electron chi connectivity index (χ4n) is 2.08. The number of carbonyl (C=O) groups is 1. The Morgan fingerprint density at radius 1 is 1.25 bits per heavy atom. The summed E-state index contributed by atoms with van der Waals surface area (Å²) in [5.41, 5.74) is 1.31. The molecule has 0 N–H and O–H groups in total. The average molecular weight is 343 g/mol. The first kappa shape index (κ1) is 16.3. The number of benzene rings is 2. The Morgan fingerprint density at radius 3 is 2.79 bits per heavy atom. The van der Waals surface area contributed by atoms with E-state index in [-0.39, 0.29) is 17.4 Å². The summed E-state index contributed by atoms with van der Waals surface area (Å²) in [5, 5.41) is 0.394. The molecule has 0 radical (unpaired) electrons. The number of ether oxygens (including phenoxy) is 1. The van der Waals surface area contributed by atoms with Crippen LogP contribution in [0, 0.1) is 5.82 Å². The Hall–Kier alpha value is -2.60. The molecular formula is C18H14FNO3S. The Kier molecular flexibility index (Phi) is 4.96. The first-order valence-corrected chi connectivity index (χ1v) is 8.16. The number of hydrogen-bond donors (Lipinski definition) is 0. The Morgan fingerprint density at radius 2 is 2.04 bits per heavy atom. The SMILES string of the molecule is COc1cccc(C(=O)CSc2ncc(-c3ccc(F)cc3)o2)c1. The second kappa shape index (κ2) is 7.31. The lowest BCUT2D eigenvalue weighted by molar-refractivity contribution is 0.102. The molecule has 0 saturated heterocycles.